The van der Waals surface area contributed by atoms with Crippen LogP contribution in [0.5, 0.6) is 5.75 Å². The zero-order chi connectivity index (χ0) is 13.8. The highest BCUT2D eigenvalue weighted by molar-refractivity contribution is 6.33. The average Bonchev–Trinajstić information content (AvgIpc) is 2.38. The largest absolute Gasteiger partial charge is 0.497 e. The summed E-state index contributed by atoms with van der Waals surface area (Å²) in [5, 5.41) is 0.547. The number of benzene rings is 1. The molecule has 0 spiro atoms. The smallest absolute Gasteiger partial charge is 0.147 e. The van der Waals surface area contributed by atoms with Crippen molar-refractivity contribution in [2.75, 3.05) is 24.8 Å². The SMILES string of the molecule is COc1cccc(CN(C)c2ncc(N)cc2Cl)c1. The van der Waals surface area contributed by atoms with E-state index in [2.05, 4.69) is 4.98 Å². The number of hydrogen-bond acceptors (Lipinski definition) is 4. The number of pyridine rings is 1. The third-order valence-corrected chi connectivity index (χ3v) is 3.04. The normalized spacial score (nSPS) is 10.3. The molecule has 0 aliphatic heterocycles. The van der Waals surface area contributed by atoms with Crippen LogP contribution in [-0.2, 0) is 6.54 Å². The Labute approximate surface area is 117 Å². The van der Waals surface area contributed by atoms with Crippen LogP contribution in [0.15, 0.2) is 36.5 Å². The quantitative estimate of drug-likeness (QED) is 0.933. The van der Waals surface area contributed by atoms with Crippen LogP contribution in [0.25, 0.3) is 0 Å². The molecule has 19 heavy (non-hydrogen) atoms. The van der Waals surface area contributed by atoms with Crippen LogP contribution in [0.2, 0.25) is 5.02 Å². The molecule has 2 N–H and O–H groups in total. The van der Waals surface area contributed by atoms with Gasteiger partial charge in [-0.15, -0.1) is 0 Å². The van der Waals surface area contributed by atoms with Crippen molar-refractivity contribution in [2.24, 2.45) is 0 Å². The van der Waals surface area contributed by atoms with Gasteiger partial charge in [-0.2, -0.15) is 0 Å². The number of nitrogens with two attached hydrogens (primary N) is 1. The lowest BCUT2D eigenvalue weighted by Gasteiger charge is -2.19. The Hall–Kier alpha value is -1.94. The molecule has 1 heterocycles. The molecule has 5 heteroatoms. The molecule has 1 aromatic heterocycles. The van der Waals surface area contributed by atoms with Crippen LogP contribution in [-0.4, -0.2) is 19.1 Å². The topological polar surface area (TPSA) is 51.4 Å². The summed E-state index contributed by atoms with van der Waals surface area (Å²) >= 11 is 6.14. The first-order valence-electron chi connectivity index (χ1n) is 5.85. The molecule has 0 aliphatic carbocycles. The third-order valence-electron chi connectivity index (χ3n) is 2.76. The van der Waals surface area contributed by atoms with Crippen LogP contribution in [0, 0.1) is 0 Å². The van der Waals surface area contributed by atoms with Gasteiger partial charge in [0.25, 0.3) is 0 Å². The second kappa shape index (κ2) is 5.80. The van der Waals surface area contributed by atoms with E-state index in [1.807, 2.05) is 36.2 Å². The lowest BCUT2D eigenvalue weighted by molar-refractivity contribution is 0.414. The van der Waals surface area contributed by atoms with Gasteiger partial charge in [-0.3, -0.25) is 0 Å². The summed E-state index contributed by atoms with van der Waals surface area (Å²) in [6, 6.07) is 9.59. The van der Waals surface area contributed by atoms with Crippen molar-refractivity contribution in [1.29, 1.82) is 0 Å². The van der Waals surface area contributed by atoms with E-state index in [4.69, 9.17) is 22.1 Å². The Morgan fingerprint density at radius 1 is 1.37 bits per heavy atom. The van der Waals surface area contributed by atoms with Crippen LogP contribution in [0.4, 0.5) is 11.5 Å². The second-order valence-electron chi connectivity index (χ2n) is 4.28. The predicted molar refractivity (Wildman–Crippen MR) is 78.8 cm³/mol. The average molecular weight is 278 g/mol. The molecule has 2 aromatic rings. The summed E-state index contributed by atoms with van der Waals surface area (Å²) in [5.74, 6) is 1.54. The molecule has 0 saturated carbocycles. The van der Waals surface area contributed by atoms with Gasteiger partial charge in [0.05, 0.1) is 24.0 Å². The fourth-order valence-corrected chi connectivity index (χ4v) is 2.16. The summed E-state index contributed by atoms with van der Waals surface area (Å²) in [7, 11) is 3.59. The van der Waals surface area contributed by atoms with Crippen molar-refractivity contribution in [3.8, 4) is 5.75 Å². The van der Waals surface area contributed by atoms with Gasteiger partial charge >= 0.3 is 0 Å². The molecule has 0 fully saturated rings. The second-order valence-corrected chi connectivity index (χ2v) is 4.69. The number of nitrogens with zero attached hydrogens (tertiary/aromatic N) is 2. The van der Waals surface area contributed by atoms with Gasteiger partial charge in [0.15, 0.2) is 0 Å². The van der Waals surface area contributed by atoms with E-state index in [1.54, 1.807) is 19.4 Å². The number of halogens is 1. The summed E-state index contributed by atoms with van der Waals surface area (Å²) in [6.07, 6.45) is 1.60. The summed E-state index contributed by atoms with van der Waals surface area (Å²) in [5.41, 5.74) is 7.32. The Morgan fingerprint density at radius 3 is 2.84 bits per heavy atom. The highest BCUT2D eigenvalue weighted by Gasteiger charge is 2.09. The van der Waals surface area contributed by atoms with Crippen molar-refractivity contribution in [3.05, 3.63) is 47.1 Å². The molecule has 0 aliphatic rings. The van der Waals surface area contributed by atoms with Crippen molar-refractivity contribution < 1.29 is 4.74 Å². The molecular formula is C14H16ClN3O. The predicted octanol–water partition coefficient (Wildman–Crippen LogP) is 2.96. The minimum absolute atomic E-state index is 0.547. The first-order chi connectivity index (χ1) is 9.10. The molecule has 0 unspecified atom stereocenters. The van der Waals surface area contributed by atoms with Gasteiger partial charge in [0.1, 0.15) is 11.6 Å². The van der Waals surface area contributed by atoms with E-state index in [1.165, 1.54) is 0 Å². The lowest BCUT2D eigenvalue weighted by Crippen LogP contribution is -2.18. The van der Waals surface area contributed by atoms with Crippen LogP contribution in [0.1, 0.15) is 5.56 Å². The number of anilines is 2. The Morgan fingerprint density at radius 2 is 2.16 bits per heavy atom. The maximum Gasteiger partial charge on any atom is 0.147 e. The first kappa shape index (κ1) is 13.5. The standard InChI is InChI=1S/C14H16ClN3O/c1-18(14-13(15)7-11(16)8-17-14)9-10-4-3-5-12(6-10)19-2/h3-8H,9,16H2,1-2H3. The first-order valence-corrected chi connectivity index (χ1v) is 6.23. The van der Waals surface area contributed by atoms with Crippen LogP contribution < -0.4 is 15.4 Å². The van der Waals surface area contributed by atoms with Gasteiger partial charge in [-0.05, 0) is 23.8 Å². The molecule has 0 saturated heterocycles. The summed E-state index contributed by atoms with van der Waals surface area (Å²) in [6.45, 7) is 0.688. The highest BCUT2D eigenvalue weighted by Crippen LogP contribution is 2.25. The van der Waals surface area contributed by atoms with E-state index in [0.717, 1.165) is 11.3 Å². The molecule has 0 radical (unpaired) electrons. The minimum atomic E-state index is 0.547. The van der Waals surface area contributed by atoms with Gasteiger partial charge in [-0.1, -0.05) is 23.7 Å². The molecule has 100 valence electrons. The number of nitrogen functional groups attached to an aromatic ring is 1. The maximum absolute atomic E-state index is 6.14. The summed E-state index contributed by atoms with van der Waals surface area (Å²) in [4.78, 5) is 6.22. The fraction of sp³-hybridized carbons (Fsp3) is 0.214. The van der Waals surface area contributed by atoms with Crippen molar-refractivity contribution in [3.63, 3.8) is 0 Å². The van der Waals surface area contributed by atoms with Crippen LogP contribution in [0.3, 0.4) is 0 Å². The number of methoxy groups -OCH3 is 1. The van der Waals surface area contributed by atoms with E-state index in [0.29, 0.717) is 23.1 Å². The number of aromatic nitrogens is 1. The zero-order valence-corrected chi connectivity index (χ0v) is 11.7. The van der Waals surface area contributed by atoms with Gasteiger partial charge in [0.2, 0.25) is 0 Å². The van der Waals surface area contributed by atoms with E-state index < -0.39 is 0 Å². The maximum atomic E-state index is 6.14. The third kappa shape index (κ3) is 3.29. The monoisotopic (exact) mass is 277 g/mol. The van der Waals surface area contributed by atoms with Crippen molar-refractivity contribution in [2.45, 2.75) is 6.54 Å². The number of rotatable bonds is 4. The Bertz CT molecular complexity index is 574. The lowest BCUT2D eigenvalue weighted by atomic mass is 10.2. The van der Waals surface area contributed by atoms with Gasteiger partial charge < -0.3 is 15.4 Å². The van der Waals surface area contributed by atoms with Gasteiger partial charge in [0, 0.05) is 13.6 Å². The molecule has 2 rings (SSSR count). The van der Waals surface area contributed by atoms with Gasteiger partial charge in [-0.25, -0.2) is 4.98 Å². The molecule has 0 amide bonds. The fourth-order valence-electron chi connectivity index (χ4n) is 1.85. The minimum Gasteiger partial charge on any atom is -0.497 e. The van der Waals surface area contributed by atoms with E-state index >= 15 is 0 Å². The molecular weight excluding hydrogens is 262 g/mol. The van der Waals surface area contributed by atoms with E-state index in [-0.39, 0.29) is 0 Å². The molecule has 1 aromatic carbocycles. The highest BCUT2D eigenvalue weighted by atomic mass is 35.5. The zero-order valence-electron chi connectivity index (χ0n) is 10.9. The van der Waals surface area contributed by atoms with Crippen molar-refractivity contribution >= 4 is 23.1 Å². The Kier molecular flexibility index (Phi) is 4.12. The van der Waals surface area contributed by atoms with E-state index in [9.17, 15) is 0 Å². The van der Waals surface area contributed by atoms with Crippen molar-refractivity contribution in [1.82, 2.24) is 4.98 Å². The molecule has 0 bridgehead atoms. The molecule has 0 atom stereocenters. The Balaban J connectivity index is 2.17. The molecule has 4 nitrogen and oxygen atoms in total. The number of hydrogen-bond donors (Lipinski definition) is 1. The number of ether oxygens (including phenoxy) is 1. The summed E-state index contributed by atoms with van der Waals surface area (Å²) < 4.78 is 5.20. The van der Waals surface area contributed by atoms with Crippen LogP contribution >= 0.6 is 11.6 Å².